The molecule has 0 aromatic carbocycles. The summed E-state index contributed by atoms with van der Waals surface area (Å²) in [5, 5.41) is 6.86. The normalized spacial score (nSPS) is 16.9. The third-order valence-corrected chi connectivity index (χ3v) is 7.85. The van der Waals surface area contributed by atoms with Crippen LogP contribution >= 0.6 is 0 Å². The number of nitrogens with one attached hydrogen (secondary N) is 2. The smallest absolute Gasteiger partial charge is 0.379 e. The van der Waals surface area contributed by atoms with Crippen LogP contribution in [0.3, 0.4) is 0 Å². The topological polar surface area (TPSA) is 88.5 Å². The zero-order valence-corrected chi connectivity index (χ0v) is 26.0. The van der Waals surface area contributed by atoms with Crippen LogP contribution in [0.15, 0.2) is 88.6 Å². The van der Waals surface area contributed by atoms with Gasteiger partial charge in [-0.3, -0.25) is 14.5 Å². The summed E-state index contributed by atoms with van der Waals surface area (Å²) in [7, 11) is 1.73. The number of halogens is 3. The molecule has 1 saturated heterocycles. The maximum absolute atomic E-state index is 13.5. The van der Waals surface area contributed by atoms with Gasteiger partial charge >= 0.3 is 6.18 Å². The number of allylic oxidation sites excluding steroid dienone is 8. The van der Waals surface area contributed by atoms with Crippen molar-refractivity contribution >= 4 is 28.2 Å². The van der Waals surface area contributed by atoms with Crippen molar-refractivity contribution in [3.8, 4) is 0 Å². The Hall–Kier alpha value is -4.22. The highest BCUT2D eigenvalue weighted by Gasteiger charge is 2.30. The van der Waals surface area contributed by atoms with E-state index >= 15 is 0 Å². The number of unbranched alkanes of at least 4 members (excludes halogenated alkanes) is 1. The zero-order chi connectivity index (χ0) is 32.6. The quantitative estimate of drug-likeness (QED) is 0.187. The zero-order valence-electron chi connectivity index (χ0n) is 26.0. The van der Waals surface area contributed by atoms with Crippen molar-refractivity contribution in [2.45, 2.75) is 39.3 Å². The van der Waals surface area contributed by atoms with Gasteiger partial charge in [-0.2, -0.15) is 13.2 Å². The van der Waals surface area contributed by atoms with Crippen LogP contribution in [0.2, 0.25) is 0 Å². The molecule has 2 aromatic heterocycles. The summed E-state index contributed by atoms with van der Waals surface area (Å²) in [5.41, 5.74) is 1.96. The van der Waals surface area contributed by atoms with Gasteiger partial charge in [-0.15, -0.1) is 0 Å². The number of carbonyl (C=O) groups excluding carboxylic acids is 1. The number of nitrogens with zero attached hydrogens (tertiary/aromatic N) is 3. The number of ether oxygens (including phenoxy) is 1. The summed E-state index contributed by atoms with van der Waals surface area (Å²) >= 11 is 0. The minimum Gasteiger partial charge on any atom is -0.379 e. The monoisotopic (exact) mass is 623 g/mol. The van der Waals surface area contributed by atoms with Crippen molar-refractivity contribution in [1.82, 2.24) is 19.8 Å². The lowest BCUT2D eigenvalue weighted by atomic mass is 9.98. The fraction of sp³-hybridized carbons (Fsp3) is 0.382. The molecule has 45 heavy (non-hydrogen) atoms. The maximum atomic E-state index is 13.5. The second kappa shape index (κ2) is 15.2. The Bertz CT molecular complexity index is 1640. The fourth-order valence-corrected chi connectivity index (χ4v) is 5.18. The van der Waals surface area contributed by atoms with Gasteiger partial charge < -0.3 is 19.9 Å². The fourth-order valence-electron chi connectivity index (χ4n) is 5.18. The predicted octanol–water partition coefficient (Wildman–Crippen LogP) is 5.81. The first-order valence-corrected chi connectivity index (χ1v) is 15.0. The number of carbonyl (C=O) groups is 1. The molecular formula is C34H40F3N5O3. The van der Waals surface area contributed by atoms with E-state index in [0.717, 1.165) is 81.7 Å². The molecule has 4 rings (SSSR count). The van der Waals surface area contributed by atoms with Crippen LogP contribution in [0.25, 0.3) is 16.5 Å². The molecule has 0 unspecified atom stereocenters. The Labute approximate surface area is 261 Å². The summed E-state index contributed by atoms with van der Waals surface area (Å²) < 4.78 is 46.2. The third-order valence-electron chi connectivity index (χ3n) is 7.85. The van der Waals surface area contributed by atoms with Crippen LogP contribution in [-0.4, -0.2) is 65.9 Å². The molecule has 0 saturated carbocycles. The Morgan fingerprint density at radius 2 is 1.93 bits per heavy atom. The van der Waals surface area contributed by atoms with Crippen molar-refractivity contribution in [1.29, 1.82) is 0 Å². The molecule has 1 fully saturated rings. The Morgan fingerprint density at radius 3 is 2.64 bits per heavy atom. The number of pyridine rings is 2. The van der Waals surface area contributed by atoms with Gasteiger partial charge in [0.1, 0.15) is 5.82 Å². The van der Waals surface area contributed by atoms with Crippen LogP contribution in [0.4, 0.5) is 19.0 Å². The molecule has 2 N–H and O–H groups in total. The number of hydrogen-bond acceptors (Lipinski definition) is 6. The summed E-state index contributed by atoms with van der Waals surface area (Å²) in [6, 6.07) is 3.70. The summed E-state index contributed by atoms with van der Waals surface area (Å²) in [6.07, 6.45) is 8.10. The minimum atomic E-state index is -4.55. The second-order valence-electron chi connectivity index (χ2n) is 11.1. The van der Waals surface area contributed by atoms with Gasteiger partial charge in [-0.05, 0) is 62.6 Å². The Kier molecular flexibility index (Phi) is 11.4. The highest BCUT2D eigenvalue weighted by molar-refractivity contribution is 5.98. The number of fused-ring (bicyclic) bond motifs is 1. The van der Waals surface area contributed by atoms with E-state index in [4.69, 9.17) is 4.74 Å². The van der Waals surface area contributed by atoms with E-state index in [2.05, 4.69) is 27.1 Å². The number of alkyl halides is 3. The molecule has 2 aliphatic rings. The molecule has 0 bridgehead atoms. The second-order valence-corrected chi connectivity index (χ2v) is 11.1. The van der Waals surface area contributed by atoms with Gasteiger partial charge in [-0.1, -0.05) is 30.9 Å². The Balaban J connectivity index is 1.45. The average molecular weight is 624 g/mol. The molecule has 2 aromatic rings. The standard InChI is InChI=1S/C34H40F3N5O3/c1-5-8-25(19-24(3)34(35,36)37)32(43)40-27-10-9-23(2)28(12-11-27)29-20-26-22-39-31(21-30(26)41(4)33(29)44)38-13-6-7-14-42-15-17-45-18-16-42/h5,8-10,12,19-22H,1,6-7,11,13-18H2,2-4H3,(H,38,39)(H,40,43)/b24-19+,25-8+. The lowest BCUT2D eigenvalue weighted by molar-refractivity contribution is -0.116. The molecule has 1 aliphatic heterocycles. The van der Waals surface area contributed by atoms with Crippen molar-refractivity contribution in [3.05, 3.63) is 99.7 Å². The largest absolute Gasteiger partial charge is 0.412 e. The van der Waals surface area contributed by atoms with Gasteiger partial charge in [0.25, 0.3) is 11.5 Å². The molecular weight excluding hydrogens is 583 g/mol. The van der Waals surface area contributed by atoms with E-state index in [-0.39, 0.29) is 17.6 Å². The number of aryl methyl sites for hydroxylation is 1. The lowest BCUT2D eigenvalue weighted by Gasteiger charge is -2.26. The molecule has 0 spiro atoms. The number of aromatic nitrogens is 2. The minimum absolute atomic E-state index is 0.173. The number of anilines is 1. The SMILES string of the molecule is C=C/C=C(\C=C(/C)C(F)(F)F)C(=O)NC1=CC=C(C)C(c2cc3cnc(NCCCCN4CCOCC4)cc3n(C)c2=O)=CC1. The van der Waals surface area contributed by atoms with Crippen molar-refractivity contribution < 1.29 is 22.7 Å². The molecule has 8 nitrogen and oxygen atoms in total. The Morgan fingerprint density at radius 1 is 1.18 bits per heavy atom. The first-order valence-electron chi connectivity index (χ1n) is 15.0. The molecule has 3 heterocycles. The molecule has 11 heteroatoms. The van der Waals surface area contributed by atoms with E-state index in [0.29, 0.717) is 22.7 Å². The number of amides is 1. The molecule has 1 amide bonds. The van der Waals surface area contributed by atoms with Gasteiger partial charge in [0, 0.05) is 73.2 Å². The molecule has 240 valence electrons. The van der Waals surface area contributed by atoms with Gasteiger partial charge in [-0.25, -0.2) is 4.98 Å². The van der Waals surface area contributed by atoms with Gasteiger partial charge in [0.15, 0.2) is 0 Å². The van der Waals surface area contributed by atoms with Crippen LogP contribution in [0.5, 0.6) is 0 Å². The summed E-state index contributed by atoms with van der Waals surface area (Å²) in [4.78, 5) is 33.4. The van der Waals surface area contributed by atoms with Crippen molar-refractivity contribution in [2.75, 3.05) is 44.7 Å². The van der Waals surface area contributed by atoms with E-state index in [1.165, 1.54) is 12.2 Å². The summed E-state index contributed by atoms with van der Waals surface area (Å²) in [6.45, 7) is 11.7. The van der Waals surface area contributed by atoms with E-state index in [1.54, 1.807) is 30.0 Å². The summed E-state index contributed by atoms with van der Waals surface area (Å²) in [5.74, 6) is 0.0120. The number of hydrogen-bond donors (Lipinski definition) is 2. The molecule has 0 atom stereocenters. The maximum Gasteiger partial charge on any atom is 0.412 e. The van der Waals surface area contributed by atoms with E-state index < -0.39 is 17.7 Å². The third kappa shape index (κ3) is 8.92. The molecule has 1 aliphatic carbocycles. The number of morpholine rings is 1. The molecule has 0 radical (unpaired) electrons. The van der Waals surface area contributed by atoms with Crippen molar-refractivity contribution in [3.63, 3.8) is 0 Å². The average Bonchev–Trinajstić information content (AvgIpc) is 3.19. The van der Waals surface area contributed by atoms with E-state index in [9.17, 15) is 22.8 Å². The lowest BCUT2D eigenvalue weighted by Crippen LogP contribution is -2.36. The highest BCUT2D eigenvalue weighted by atomic mass is 19.4. The van der Waals surface area contributed by atoms with Crippen LogP contribution in [0.1, 0.15) is 38.7 Å². The van der Waals surface area contributed by atoms with E-state index in [1.807, 2.05) is 25.1 Å². The first-order chi connectivity index (χ1) is 21.5. The first kappa shape index (κ1) is 33.7. The number of rotatable bonds is 11. The van der Waals surface area contributed by atoms with Gasteiger partial charge in [0.2, 0.25) is 0 Å². The van der Waals surface area contributed by atoms with Crippen LogP contribution in [0, 0.1) is 0 Å². The van der Waals surface area contributed by atoms with Crippen LogP contribution in [-0.2, 0) is 16.6 Å². The van der Waals surface area contributed by atoms with Crippen molar-refractivity contribution in [2.24, 2.45) is 7.05 Å². The van der Waals surface area contributed by atoms with Crippen LogP contribution < -0.4 is 16.2 Å². The predicted molar refractivity (Wildman–Crippen MR) is 173 cm³/mol. The van der Waals surface area contributed by atoms with Gasteiger partial charge in [0.05, 0.1) is 18.7 Å². The highest BCUT2D eigenvalue weighted by Crippen LogP contribution is 2.28.